The summed E-state index contributed by atoms with van der Waals surface area (Å²) in [6, 6.07) is 32.2. The third kappa shape index (κ3) is 9.67. The Labute approximate surface area is 314 Å². The summed E-state index contributed by atoms with van der Waals surface area (Å²) in [7, 11) is 1.08. The average molecular weight is 728 g/mol. The van der Waals surface area contributed by atoms with E-state index in [0.717, 1.165) is 9.52 Å². The van der Waals surface area contributed by atoms with E-state index in [1.54, 1.807) is 0 Å². The van der Waals surface area contributed by atoms with Gasteiger partial charge >= 0.3 is 26.2 Å². The molecule has 0 nitrogen and oxygen atoms in total. The van der Waals surface area contributed by atoms with Crippen molar-refractivity contribution in [1.82, 2.24) is 0 Å². The summed E-state index contributed by atoms with van der Waals surface area (Å²) in [5, 5.41) is 5.56. The van der Waals surface area contributed by atoms with Crippen molar-refractivity contribution in [3.8, 4) is 22.3 Å². The van der Waals surface area contributed by atoms with Crippen LogP contribution in [0.25, 0.3) is 43.8 Å². The molecule has 6 rings (SSSR count). The number of aryl methyl sites for hydroxylation is 6. The summed E-state index contributed by atoms with van der Waals surface area (Å²) in [6.07, 6.45) is 7.44. The van der Waals surface area contributed by atoms with E-state index in [-0.39, 0.29) is 26.2 Å². The van der Waals surface area contributed by atoms with E-state index in [2.05, 4.69) is 153 Å². The van der Waals surface area contributed by atoms with Crippen molar-refractivity contribution in [3.63, 3.8) is 0 Å². The Morgan fingerprint density at radius 1 is 0.521 bits per heavy atom. The van der Waals surface area contributed by atoms with Crippen molar-refractivity contribution in [2.24, 2.45) is 0 Å². The molecule has 248 valence electrons. The molecule has 0 saturated carbocycles. The fraction of sp³-hybridized carbons (Fsp3) is 0.348. The van der Waals surface area contributed by atoms with Gasteiger partial charge in [0.25, 0.3) is 0 Å². The number of rotatable bonds is 8. The van der Waals surface area contributed by atoms with Crippen molar-refractivity contribution >= 4 is 31.1 Å². The first-order chi connectivity index (χ1) is 22.6. The molecule has 0 saturated heterocycles. The van der Waals surface area contributed by atoms with Crippen LogP contribution in [0.3, 0.4) is 0 Å². The van der Waals surface area contributed by atoms with Crippen LogP contribution in [0.15, 0.2) is 84.9 Å². The van der Waals surface area contributed by atoms with Gasteiger partial charge in [-0.15, -0.1) is 69.1 Å². The fourth-order valence-electron chi connectivity index (χ4n) is 6.75. The standard InChI is InChI=1S/2C22H25.C2H6Si.Zr/c2*1-5-6-8-18-13-19-9-7-10-20(22(19)14-18)21-12-15(2)11-16(3)17(21)4;1-3-2;/h2*7,9-14H,5-6,8H2,1-4H3;1-2H3;/q2*-1;;+2. The van der Waals surface area contributed by atoms with Crippen LogP contribution in [0, 0.1) is 41.5 Å². The van der Waals surface area contributed by atoms with Crippen LogP contribution in [0.2, 0.25) is 13.1 Å². The molecular formula is C46H56SiZr. The Bertz CT molecular complexity index is 1780. The predicted molar refractivity (Wildman–Crippen MR) is 213 cm³/mol. The number of hydrogen-bond acceptors (Lipinski definition) is 0. The average Bonchev–Trinajstić information content (AvgIpc) is 3.67. The molecule has 48 heavy (non-hydrogen) atoms. The van der Waals surface area contributed by atoms with Gasteiger partial charge in [0.1, 0.15) is 0 Å². The van der Waals surface area contributed by atoms with Crippen LogP contribution in [0.4, 0.5) is 0 Å². The molecule has 0 aromatic heterocycles. The molecule has 0 unspecified atom stereocenters. The molecule has 0 aliphatic carbocycles. The summed E-state index contributed by atoms with van der Waals surface area (Å²) < 4.78 is 0. The normalized spacial score (nSPS) is 10.7. The molecule has 0 N–H and O–H groups in total. The van der Waals surface area contributed by atoms with E-state index >= 15 is 0 Å². The van der Waals surface area contributed by atoms with Gasteiger partial charge in [0.15, 0.2) is 0 Å². The van der Waals surface area contributed by atoms with Gasteiger partial charge in [-0.1, -0.05) is 111 Å². The minimum Gasteiger partial charge on any atom is -0.164 e. The van der Waals surface area contributed by atoms with Gasteiger partial charge in [-0.2, -0.15) is 12.1 Å². The summed E-state index contributed by atoms with van der Waals surface area (Å²) in [5.74, 6) is 0. The zero-order valence-corrected chi connectivity index (χ0v) is 34.8. The minimum atomic E-state index is 0. The van der Waals surface area contributed by atoms with Crippen LogP contribution in [0.5, 0.6) is 0 Å². The van der Waals surface area contributed by atoms with Crippen molar-refractivity contribution in [1.29, 1.82) is 0 Å². The van der Waals surface area contributed by atoms with E-state index in [4.69, 9.17) is 0 Å². The number of benzene rings is 4. The first kappa shape index (κ1) is 39.6. The Balaban J connectivity index is 0.000000236. The first-order valence-electron chi connectivity index (χ1n) is 17.7. The zero-order valence-electron chi connectivity index (χ0n) is 31.3. The molecule has 0 fully saturated rings. The van der Waals surface area contributed by atoms with E-state index in [1.165, 1.54) is 127 Å². The summed E-state index contributed by atoms with van der Waals surface area (Å²) in [5.41, 5.74) is 16.7. The number of hydrogen-bond donors (Lipinski definition) is 0. The number of fused-ring (bicyclic) bond motifs is 2. The number of unbranched alkanes of at least 4 members (excludes halogenated alkanes) is 2. The quantitative estimate of drug-likeness (QED) is 0.108. The van der Waals surface area contributed by atoms with Crippen LogP contribution < -0.4 is 0 Å². The van der Waals surface area contributed by atoms with Crippen molar-refractivity contribution in [2.45, 2.75) is 107 Å². The maximum Gasteiger partial charge on any atom is 2.00 e. The van der Waals surface area contributed by atoms with Gasteiger partial charge in [-0.05, 0) is 87.8 Å². The summed E-state index contributed by atoms with van der Waals surface area (Å²) >= 11 is 0. The molecule has 6 aromatic rings. The van der Waals surface area contributed by atoms with E-state index in [1.807, 2.05) is 0 Å². The van der Waals surface area contributed by atoms with Crippen molar-refractivity contribution in [3.05, 3.63) is 129 Å². The Kier molecular flexibility index (Phi) is 15.5. The Morgan fingerprint density at radius 2 is 0.896 bits per heavy atom. The molecular weight excluding hydrogens is 672 g/mol. The minimum absolute atomic E-state index is 0. The maximum atomic E-state index is 2.40. The first-order valence-corrected chi connectivity index (χ1v) is 19.7. The Hall–Kier alpha value is -2.80. The van der Waals surface area contributed by atoms with Crippen LogP contribution in [-0.4, -0.2) is 9.52 Å². The van der Waals surface area contributed by atoms with Crippen LogP contribution >= 0.6 is 0 Å². The third-order valence-corrected chi connectivity index (χ3v) is 9.46. The molecule has 0 aliphatic heterocycles. The second-order valence-electron chi connectivity index (χ2n) is 13.6. The molecule has 0 atom stereocenters. The monoisotopic (exact) mass is 726 g/mol. The zero-order chi connectivity index (χ0) is 34.1. The third-order valence-electron chi connectivity index (χ3n) is 9.46. The molecule has 2 heteroatoms. The van der Waals surface area contributed by atoms with E-state index in [0.29, 0.717) is 0 Å². The van der Waals surface area contributed by atoms with Crippen LogP contribution in [0.1, 0.15) is 84.0 Å². The smallest absolute Gasteiger partial charge is 0.164 e. The van der Waals surface area contributed by atoms with Gasteiger partial charge in [-0.25, -0.2) is 0 Å². The second kappa shape index (κ2) is 18.8. The predicted octanol–water partition coefficient (Wildman–Crippen LogP) is 13.8. The molecule has 0 amide bonds. The summed E-state index contributed by atoms with van der Waals surface area (Å²) in [6.45, 7) is 22.1. The molecule has 0 bridgehead atoms. The Morgan fingerprint density at radius 3 is 1.25 bits per heavy atom. The summed E-state index contributed by atoms with van der Waals surface area (Å²) in [4.78, 5) is 0. The van der Waals surface area contributed by atoms with Gasteiger partial charge in [0, 0.05) is 9.52 Å². The van der Waals surface area contributed by atoms with Gasteiger partial charge < -0.3 is 0 Å². The topological polar surface area (TPSA) is 0 Å². The van der Waals surface area contributed by atoms with Gasteiger partial charge in [0.2, 0.25) is 0 Å². The fourth-order valence-corrected chi connectivity index (χ4v) is 6.75. The molecule has 0 spiro atoms. The maximum absolute atomic E-state index is 2.40. The van der Waals surface area contributed by atoms with Crippen LogP contribution in [-0.2, 0) is 39.0 Å². The van der Waals surface area contributed by atoms with Gasteiger partial charge in [-0.3, -0.25) is 0 Å². The molecule has 2 radical (unpaired) electrons. The van der Waals surface area contributed by atoms with Gasteiger partial charge in [0.05, 0.1) is 0 Å². The molecule has 0 aliphatic rings. The largest absolute Gasteiger partial charge is 2.00 e. The van der Waals surface area contributed by atoms with Crippen molar-refractivity contribution < 1.29 is 26.2 Å². The molecule has 0 heterocycles. The SMILES string of the molecule is CCCCc1cc2c(-c3cc(C)cc(C)c3C)cccc2[cH-]1.CCCCc1cc2c(-c3cc(C)cc(C)c3C)cccc2[cH-]1.C[Si]C.[Zr+2]. The second-order valence-corrected chi connectivity index (χ2v) is 14.6. The van der Waals surface area contributed by atoms with E-state index < -0.39 is 0 Å². The van der Waals surface area contributed by atoms with Crippen molar-refractivity contribution in [2.75, 3.05) is 0 Å². The van der Waals surface area contributed by atoms with E-state index in [9.17, 15) is 0 Å². The molecule has 6 aromatic carbocycles.